The molecular weight excluding hydrogens is 417 g/mol. The summed E-state index contributed by atoms with van der Waals surface area (Å²) in [6.07, 6.45) is 5.11. The van der Waals surface area contributed by atoms with E-state index >= 15 is 0 Å². The third-order valence-electron chi connectivity index (χ3n) is 5.40. The van der Waals surface area contributed by atoms with Gasteiger partial charge in [0.05, 0.1) is 6.54 Å². The van der Waals surface area contributed by atoms with Crippen molar-refractivity contribution >= 4 is 17.7 Å². The molecule has 0 radical (unpaired) electrons. The van der Waals surface area contributed by atoms with Gasteiger partial charge in [0.15, 0.2) is 0 Å². The quantitative estimate of drug-likeness (QED) is 0.364. The van der Waals surface area contributed by atoms with Crippen molar-refractivity contribution in [1.29, 1.82) is 5.41 Å². The van der Waals surface area contributed by atoms with Crippen molar-refractivity contribution in [1.82, 2.24) is 14.9 Å². The Labute approximate surface area is 184 Å². The monoisotopic (exact) mass is 441 g/mol. The molecule has 1 aliphatic carbocycles. The van der Waals surface area contributed by atoms with Gasteiger partial charge in [-0.15, -0.1) is 0 Å². The van der Waals surface area contributed by atoms with Crippen LogP contribution in [-0.2, 0) is 20.9 Å². The van der Waals surface area contributed by atoms with Crippen LogP contribution >= 0.6 is 0 Å². The lowest BCUT2D eigenvalue weighted by Crippen LogP contribution is -2.32. The lowest BCUT2D eigenvalue weighted by molar-refractivity contribution is -0.143. The second-order valence-electron chi connectivity index (χ2n) is 7.98. The van der Waals surface area contributed by atoms with Crippen LogP contribution in [0.1, 0.15) is 31.2 Å². The first-order valence-corrected chi connectivity index (χ1v) is 10.4. The number of rotatable bonds is 8. The van der Waals surface area contributed by atoms with Crippen LogP contribution in [0.4, 0.5) is 4.39 Å². The van der Waals surface area contributed by atoms with Crippen LogP contribution in [0.5, 0.6) is 6.01 Å². The van der Waals surface area contributed by atoms with Gasteiger partial charge in [-0.25, -0.2) is 14.4 Å². The molecule has 2 aliphatic rings. The normalized spacial score (nSPS) is 17.8. The number of hydrogen-bond acceptors (Lipinski definition) is 7. The smallest absolute Gasteiger partial charge is 0.316 e. The van der Waals surface area contributed by atoms with E-state index in [-0.39, 0.29) is 53.9 Å². The van der Waals surface area contributed by atoms with Crippen LogP contribution < -0.4 is 10.5 Å². The SMILES string of the molecule is N=C(N)CC(=O)OCc1cccc(-c2cnc(OC3CCN(C(=O)C4CC4)C3)nc2)c1F. The van der Waals surface area contributed by atoms with Crippen LogP contribution in [0.2, 0.25) is 0 Å². The van der Waals surface area contributed by atoms with Gasteiger partial charge in [-0.2, -0.15) is 0 Å². The summed E-state index contributed by atoms with van der Waals surface area (Å²) in [6.45, 7) is 0.929. The summed E-state index contributed by atoms with van der Waals surface area (Å²) in [7, 11) is 0. The van der Waals surface area contributed by atoms with Crippen LogP contribution in [-0.4, -0.2) is 51.8 Å². The van der Waals surface area contributed by atoms with E-state index in [9.17, 15) is 14.0 Å². The van der Waals surface area contributed by atoms with Gasteiger partial charge in [0, 0.05) is 48.0 Å². The van der Waals surface area contributed by atoms with Crippen molar-refractivity contribution in [2.24, 2.45) is 11.7 Å². The van der Waals surface area contributed by atoms with Gasteiger partial charge in [-0.1, -0.05) is 18.2 Å². The second kappa shape index (κ2) is 9.29. The molecule has 10 heteroatoms. The number of halogens is 1. The highest BCUT2D eigenvalue weighted by Crippen LogP contribution is 2.32. The first-order valence-electron chi connectivity index (χ1n) is 10.4. The van der Waals surface area contributed by atoms with Crippen molar-refractivity contribution in [3.05, 3.63) is 42.0 Å². The van der Waals surface area contributed by atoms with Crippen molar-refractivity contribution in [3.63, 3.8) is 0 Å². The zero-order valence-electron chi connectivity index (χ0n) is 17.4. The fourth-order valence-electron chi connectivity index (χ4n) is 3.56. The van der Waals surface area contributed by atoms with Crippen LogP contribution in [0.3, 0.4) is 0 Å². The maximum Gasteiger partial charge on any atom is 0.316 e. The molecule has 1 saturated heterocycles. The number of hydrogen-bond donors (Lipinski definition) is 2. The van der Waals surface area contributed by atoms with E-state index in [0.29, 0.717) is 18.7 Å². The summed E-state index contributed by atoms with van der Waals surface area (Å²) < 4.78 is 25.7. The van der Waals surface area contributed by atoms with Crippen molar-refractivity contribution in [3.8, 4) is 17.1 Å². The average Bonchev–Trinajstić information content (AvgIpc) is 3.51. The second-order valence-corrected chi connectivity index (χ2v) is 7.98. The zero-order chi connectivity index (χ0) is 22.7. The fourth-order valence-corrected chi connectivity index (χ4v) is 3.56. The average molecular weight is 441 g/mol. The number of ether oxygens (including phenoxy) is 2. The molecule has 1 amide bonds. The third kappa shape index (κ3) is 5.19. The van der Waals surface area contributed by atoms with E-state index in [1.165, 1.54) is 18.5 Å². The number of nitrogens with zero attached hydrogens (tertiary/aromatic N) is 3. The molecule has 1 atom stereocenters. The van der Waals surface area contributed by atoms with E-state index in [0.717, 1.165) is 19.3 Å². The third-order valence-corrected chi connectivity index (χ3v) is 5.40. The van der Waals surface area contributed by atoms with Crippen molar-refractivity contribution in [2.75, 3.05) is 13.1 Å². The Balaban J connectivity index is 1.37. The summed E-state index contributed by atoms with van der Waals surface area (Å²) in [5, 5.41) is 7.09. The maximum absolute atomic E-state index is 14.9. The Hall–Kier alpha value is -3.56. The molecular formula is C22H24FN5O4. The molecule has 0 spiro atoms. The Bertz CT molecular complexity index is 1030. The molecule has 2 fully saturated rings. The summed E-state index contributed by atoms with van der Waals surface area (Å²) in [4.78, 5) is 33.9. The summed E-state index contributed by atoms with van der Waals surface area (Å²) >= 11 is 0. The molecule has 1 aliphatic heterocycles. The van der Waals surface area contributed by atoms with E-state index in [1.54, 1.807) is 12.1 Å². The van der Waals surface area contributed by atoms with Gasteiger partial charge in [-0.3, -0.25) is 15.0 Å². The Kier molecular flexibility index (Phi) is 6.29. The molecule has 32 heavy (non-hydrogen) atoms. The minimum atomic E-state index is -0.698. The lowest BCUT2D eigenvalue weighted by Gasteiger charge is -2.16. The predicted octanol–water partition coefficient (Wildman–Crippen LogP) is 2.04. The molecule has 3 N–H and O–H groups in total. The van der Waals surface area contributed by atoms with Crippen molar-refractivity contribution in [2.45, 2.75) is 38.4 Å². The molecule has 4 rings (SSSR count). The summed E-state index contributed by atoms with van der Waals surface area (Å²) in [5.41, 5.74) is 6.05. The minimum absolute atomic E-state index is 0.159. The highest BCUT2D eigenvalue weighted by atomic mass is 19.1. The molecule has 1 aromatic carbocycles. The van der Waals surface area contributed by atoms with E-state index < -0.39 is 11.8 Å². The van der Waals surface area contributed by atoms with Crippen molar-refractivity contribution < 1.29 is 23.5 Å². The number of aromatic nitrogens is 2. The number of carbonyl (C=O) groups excluding carboxylic acids is 2. The lowest BCUT2D eigenvalue weighted by atomic mass is 10.1. The number of esters is 1. The maximum atomic E-state index is 14.9. The van der Waals surface area contributed by atoms with Gasteiger partial charge in [-0.05, 0) is 12.8 Å². The molecule has 1 unspecified atom stereocenters. The molecule has 1 aromatic heterocycles. The number of amidine groups is 1. The van der Waals surface area contributed by atoms with E-state index in [2.05, 4.69) is 9.97 Å². The molecule has 1 saturated carbocycles. The molecule has 0 bridgehead atoms. The number of likely N-dealkylation sites (tertiary alicyclic amines) is 1. The predicted molar refractivity (Wildman–Crippen MR) is 112 cm³/mol. The number of carbonyl (C=O) groups is 2. The van der Waals surface area contributed by atoms with Crippen LogP contribution in [0.25, 0.3) is 11.1 Å². The largest absolute Gasteiger partial charge is 0.460 e. The van der Waals surface area contributed by atoms with Gasteiger partial charge in [0.1, 0.15) is 30.8 Å². The highest BCUT2D eigenvalue weighted by molar-refractivity contribution is 5.94. The number of nitrogens with two attached hydrogens (primary N) is 1. The Morgan fingerprint density at radius 2 is 1.97 bits per heavy atom. The standard InChI is InChI=1S/C22H24FN5O4/c23-20-14(12-31-19(29)8-18(24)25)2-1-3-17(20)15-9-26-22(27-10-15)32-16-6-7-28(11-16)21(30)13-4-5-13/h1-3,9-10,13,16H,4-8,11-12H2,(H3,24,25). The number of nitrogens with one attached hydrogen (secondary N) is 1. The molecule has 168 valence electrons. The molecule has 2 aromatic rings. The number of amides is 1. The van der Waals surface area contributed by atoms with Gasteiger partial charge in [0.2, 0.25) is 5.91 Å². The Morgan fingerprint density at radius 3 is 2.66 bits per heavy atom. The number of benzene rings is 1. The zero-order valence-corrected chi connectivity index (χ0v) is 17.4. The summed E-state index contributed by atoms with van der Waals surface area (Å²) in [5.74, 6) is -1.17. The van der Waals surface area contributed by atoms with Gasteiger partial charge < -0.3 is 20.1 Å². The van der Waals surface area contributed by atoms with Gasteiger partial charge >= 0.3 is 12.0 Å². The van der Waals surface area contributed by atoms with Gasteiger partial charge in [0.25, 0.3) is 0 Å². The van der Waals surface area contributed by atoms with Crippen LogP contribution in [0, 0.1) is 17.1 Å². The fraction of sp³-hybridized carbons (Fsp3) is 0.409. The first-order chi connectivity index (χ1) is 15.4. The van der Waals surface area contributed by atoms with E-state index in [4.69, 9.17) is 20.6 Å². The first kappa shape index (κ1) is 21.7. The topological polar surface area (TPSA) is 131 Å². The Morgan fingerprint density at radius 1 is 1.22 bits per heavy atom. The van der Waals surface area contributed by atoms with E-state index in [1.807, 2.05) is 4.90 Å². The molecule has 9 nitrogen and oxygen atoms in total. The summed E-state index contributed by atoms with van der Waals surface area (Å²) in [6, 6.07) is 4.90. The highest BCUT2D eigenvalue weighted by Gasteiger charge is 2.37. The van der Waals surface area contributed by atoms with Crippen LogP contribution in [0.15, 0.2) is 30.6 Å². The molecule has 2 heterocycles. The minimum Gasteiger partial charge on any atom is -0.460 e.